The smallest absolute Gasteiger partial charge is 0.261 e. The van der Waals surface area contributed by atoms with Gasteiger partial charge in [-0.3, -0.25) is 4.79 Å². The summed E-state index contributed by atoms with van der Waals surface area (Å²) >= 11 is 0. The zero-order valence-corrected chi connectivity index (χ0v) is 15.1. The van der Waals surface area contributed by atoms with Gasteiger partial charge in [0.2, 0.25) is 0 Å². The summed E-state index contributed by atoms with van der Waals surface area (Å²) in [4.78, 5) is 25.4. The van der Waals surface area contributed by atoms with Gasteiger partial charge in [-0.15, -0.1) is 0 Å². The number of rotatable bonds is 6. The first kappa shape index (κ1) is 18.3. The molecule has 1 aromatic carbocycles. The molecule has 2 aromatic rings. The number of ether oxygens (including phenoxy) is 1. The lowest BCUT2D eigenvalue weighted by Crippen LogP contribution is -2.35. The molecule has 0 aliphatic carbocycles. The van der Waals surface area contributed by atoms with Gasteiger partial charge in [0.25, 0.3) is 5.91 Å². The van der Waals surface area contributed by atoms with E-state index in [4.69, 9.17) is 4.74 Å². The molecule has 2 heterocycles. The van der Waals surface area contributed by atoms with Crippen LogP contribution in [0.1, 0.15) is 30.4 Å². The van der Waals surface area contributed by atoms with Crippen LogP contribution >= 0.6 is 0 Å². The Hall–Kier alpha value is -2.54. The van der Waals surface area contributed by atoms with Crippen LogP contribution in [0.3, 0.4) is 0 Å². The highest BCUT2D eigenvalue weighted by atomic mass is 19.1. The molecule has 0 saturated carbocycles. The van der Waals surface area contributed by atoms with E-state index in [-0.39, 0.29) is 24.4 Å². The summed E-state index contributed by atoms with van der Waals surface area (Å²) in [5, 5.41) is 0. The third kappa shape index (κ3) is 4.54. The van der Waals surface area contributed by atoms with Crippen molar-refractivity contribution in [2.45, 2.75) is 25.4 Å². The Kier molecular flexibility index (Phi) is 5.78. The number of halogens is 1. The van der Waals surface area contributed by atoms with Gasteiger partial charge in [0.1, 0.15) is 11.6 Å². The van der Waals surface area contributed by atoms with Crippen LogP contribution in [0, 0.1) is 5.82 Å². The largest absolute Gasteiger partial charge is 0.484 e. The zero-order chi connectivity index (χ0) is 18.5. The highest BCUT2D eigenvalue weighted by Crippen LogP contribution is 2.30. The monoisotopic (exact) mass is 358 g/mol. The lowest BCUT2D eigenvalue weighted by atomic mass is 10.2. The first-order valence-electron chi connectivity index (χ1n) is 8.67. The summed E-state index contributed by atoms with van der Waals surface area (Å²) in [7, 11) is 3.97. The van der Waals surface area contributed by atoms with Gasteiger partial charge in [0, 0.05) is 19.3 Å². The van der Waals surface area contributed by atoms with E-state index in [0.29, 0.717) is 18.1 Å². The molecule has 3 rings (SSSR count). The Bertz CT molecular complexity index is 751. The average molecular weight is 358 g/mol. The van der Waals surface area contributed by atoms with Crippen molar-refractivity contribution >= 4 is 5.91 Å². The second-order valence-corrected chi connectivity index (χ2v) is 6.63. The predicted octanol–water partition coefficient (Wildman–Crippen LogP) is 2.42. The third-order valence-corrected chi connectivity index (χ3v) is 4.26. The van der Waals surface area contributed by atoms with E-state index >= 15 is 0 Å². The maximum absolute atomic E-state index is 12.9. The molecular weight excluding hydrogens is 335 g/mol. The first-order chi connectivity index (χ1) is 12.5. The van der Waals surface area contributed by atoms with Crippen LogP contribution in [-0.4, -0.2) is 52.9 Å². The van der Waals surface area contributed by atoms with Crippen LogP contribution in [0.25, 0.3) is 0 Å². The normalized spacial score (nSPS) is 16.9. The van der Waals surface area contributed by atoms with Gasteiger partial charge in [-0.25, -0.2) is 14.4 Å². The number of carbonyl (C=O) groups excluding carboxylic acids is 1. The van der Waals surface area contributed by atoms with Crippen LogP contribution in [0.5, 0.6) is 5.75 Å². The minimum Gasteiger partial charge on any atom is -0.484 e. The molecule has 6 nitrogen and oxygen atoms in total. The Morgan fingerprint density at radius 3 is 2.81 bits per heavy atom. The SMILES string of the molecule is CN(C)Cc1ccnc([C@H]2CCCN2C(=O)COc2ccc(F)cc2)n1. The topological polar surface area (TPSA) is 58.6 Å². The van der Waals surface area contributed by atoms with E-state index in [2.05, 4.69) is 9.97 Å². The minimum absolute atomic E-state index is 0.0838. The van der Waals surface area contributed by atoms with E-state index in [1.165, 1.54) is 24.3 Å². The first-order valence-corrected chi connectivity index (χ1v) is 8.67. The van der Waals surface area contributed by atoms with E-state index in [1.807, 2.05) is 25.1 Å². The van der Waals surface area contributed by atoms with E-state index in [1.54, 1.807) is 11.1 Å². The van der Waals surface area contributed by atoms with Crippen LogP contribution in [-0.2, 0) is 11.3 Å². The molecule has 26 heavy (non-hydrogen) atoms. The number of likely N-dealkylation sites (tertiary alicyclic amines) is 1. The molecule has 0 unspecified atom stereocenters. The van der Waals surface area contributed by atoms with Gasteiger partial charge >= 0.3 is 0 Å². The number of aromatic nitrogens is 2. The second-order valence-electron chi connectivity index (χ2n) is 6.63. The molecule has 1 atom stereocenters. The average Bonchev–Trinajstić information content (AvgIpc) is 3.10. The van der Waals surface area contributed by atoms with Crippen molar-refractivity contribution in [3.63, 3.8) is 0 Å². The lowest BCUT2D eigenvalue weighted by Gasteiger charge is -2.24. The number of benzene rings is 1. The molecular formula is C19H23FN4O2. The number of nitrogens with zero attached hydrogens (tertiary/aromatic N) is 4. The molecule has 0 bridgehead atoms. The maximum atomic E-state index is 12.9. The highest BCUT2D eigenvalue weighted by Gasteiger charge is 2.32. The van der Waals surface area contributed by atoms with Crippen molar-refractivity contribution in [2.75, 3.05) is 27.2 Å². The fraction of sp³-hybridized carbons (Fsp3) is 0.421. The van der Waals surface area contributed by atoms with Crippen LogP contribution < -0.4 is 4.74 Å². The molecule has 0 N–H and O–H groups in total. The van der Waals surface area contributed by atoms with E-state index in [0.717, 1.165) is 25.1 Å². The van der Waals surface area contributed by atoms with Crippen LogP contribution in [0.4, 0.5) is 4.39 Å². The maximum Gasteiger partial charge on any atom is 0.261 e. The summed E-state index contributed by atoms with van der Waals surface area (Å²) in [5.41, 5.74) is 0.932. The second kappa shape index (κ2) is 8.23. The molecule has 1 aliphatic rings. The number of carbonyl (C=O) groups is 1. The summed E-state index contributed by atoms with van der Waals surface area (Å²) < 4.78 is 18.4. The van der Waals surface area contributed by atoms with Gasteiger partial charge in [-0.1, -0.05) is 0 Å². The molecule has 1 amide bonds. The molecule has 7 heteroatoms. The predicted molar refractivity (Wildman–Crippen MR) is 95.0 cm³/mol. The van der Waals surface area contributed by atoms with E-state index in [9.17, 15) is 9.18 Å². The zero-order valence-electron chi connectivity index (χ0n) is 15.1. The quantitative estimate of drug-likeness (QED) is 0.794. The van der Waals surface area contributed by atoms with Crippen LogP contribution in [0.15, 0.2) is 36.5 Å². The molecule has 0 spiro atoms. The minimum atomic E-state index is -0.335. The van der Waals surface area contributed by atoms with Gasteiger partial charge in [0.15, 0.2) is 12.4 Å². The number of hydrogen-bond donors (Lipinski definition) is 0. The Labute approximate surface area is 152 Å². The third-order valence-electron chi connectivity index (χ3n) is 4.26. The fourth-order valence-corrected chi connectivity index (χ4v) is 3.08. The Morgan fingerprint density at radius 2 is 2.08 bits per heavy atom. The Morgan fingerprint density at radius 1 is 1.31 bits per heavy atom. The van der Waals surface area contributed by atoms with E-state index < -0.39 is 0 Å². The van der Waals surface area contributed by atoms with Crippen molar-refractivity contribution in [2.24, 2.45) is 0 Å². The summed E-state index contributed by atoms with van der Waals surface area (Å²) in [6, 6.07) is 7.41. The van der Waals surface area contributed by atoms with Crippen molar-refractivity contribution in [1.29, 1.82) is 0 Å². The standard InChI is InChI=1S/C19H23FN4O2/c1-23(2)12-15-9-10-21-19(22-15)17-4-3-11-24(17)18(25)13-26-16-7-5-14(20)6-8-16/h5-10,17H,3-4,11-13H2,1-2H3/t17-/m1/s1. The number of hydrogen-bond acceptors (Lipinski definition) is 5. The van der Waals surface area contributed by atoms with Crippen molar-refractivity contribution < 1.29 is 13.9 Å². The summed E-state index contributed by atoms with van der Waals surface area (Å²) in [6.07, 6.45) is 3.50. The van der Waals surface area contributed by atoms with Crippen molar-refractivity contribution in [3.05, 3.63) is 53.9 Å². The molecule has 138 valence electrons. The van der Waals surface area contributed by atoms with Gasteiger partial charge in [-0.2, -0.15) is 0 Å². The molecule has 1 aromatic heterocycles. The molecule has 0 radical (unpaired) electrons. The van der Waals surface area contributed by atoms with Gasteiger partial charge in [0.05, 0.1) is 11.7 Å². The number of amides is 1. The lowest BCUT2D eigenvalue weighted by molar-refractivity contribution is -0.134. The summed E-state index contributed by atoms with van der Waals surface area (Å²) in [5.74, 6) is 0.702. The van der Waals surface area contributed by atoms with Crippen molar-refractivity contribution in [1.82, 2.24) is 19.8 Å². The van der Waals surface area contributed by atoms with Gasteiger partial charge in [-0.05, 0) is 57.3 Å². The molecule has 1 saturated heterocycles. The highest BCUT2D eigenvalue weighted by molar-refractivity contribution is 5.78. The van der Waals surface area contributed by atoms with Gasteiger partial charge < -0.3 is 14.5 Å². The fourth-order valence-electron chi connectivity index (χ4n) is 3.08. The Balaban J connectivity index is 1.65. The molecule has 1 fully saturated rings. The molecule has 1 aliphatic heterocycles. The van der Waals surface area contributed by atoms with Crippen molar-refractivity contribution in [3.8, 4) is 5.75 Å². The van der Waals surface area contributed by atoms with Crippen LogP contribution in [0.2, 0.25) is 0 Å². The summed E-state index contributed by atoms with van der Waals surface area (Å²) in [6.45, 7) is 1.31.